The van der Waals surface area contributed by atoms with E-state index < -0.39 is 11.8 Å². The number of aryl methyl sites for hydroxylation is 1. The number of rotatable bonds is 4. The molecule has 0 saturated heterocycles. The predicted molar refractivity (Wildman–Crippen MR) is 48.9 cm³/mol. The van der Waals surface area contributed by atoms with Crippen LogP contribution in [0, 0.1) is 12.7 Å². The summed E-state index contributed by atoms with van der Waals surface area (Å²) in [4.78, 5) is 10.2. The molecule has 0 fully saturated rings. The normalized spacial score (nSPS) is 9.86. The van der Waals surface area contributed by atoms with Gasteiger partial charge in [-0.05, 0) is 18.6 Å². The lowest BCUT2D eigenvalue weighted by Gasteiger charge is -2.08. The molecule has 1 aromatic carbocycles. The number of benzene rings is 1. The Hall–Kier alpha value is -1.58. The number of carboxylic acids is 1. The quantitative estimate of drug-likeness (QED) is 0.804. The van der Waals surface area contributed by atoms with Crippen molar-refractivity contribution >= 4 is 5.97 Å². The first-order valence-electron chi connectivity index (χ1n) is 4.21. The Morgan fingerprint density at radius 1 is 1.57 bits per heavy atom. The van der Waals surface area contributed by atoms with Crippen LogP contribution in [0.4, 0.5) is 4.39 Å². The second kappa shape index (κ2) is 4.60. The third-order valence-corrected chi connectivity index (χ3v) is 1.73. The van der Waals surface area contributed by atoms with Crippen LogP contribution in [0.5, 0.6) is 5.75 Å². The summed E-state index contributed by atoms with van der Waals surface area (Å²) in [5, 5.41) is 8.36. The van der Waals surface area contributed by atoms with Crippen LogP contribution >= 0.6 is 0 Å². The van der Waals surface area contributed by atoms with Crippen molar-refractivity contribution in [1.29, 1.82) is 0 Å². The molecule has 3 nitrogen and oxygen atoms in total. The van der Waals surface area contributed by atoms with E-state index in [0.717, 1.165) is 0 Å². The summed E-state index contributed by atoms with van der Waals surface area (Å²) in [6.07, 6.45) is -0.131. The molecule has 76 valence electrons. The molecule has 1 aromatic rings. The molecule has 0 aliphatic rings. The first kappa shape index (κ1) is 10.5. The summed E-state index contributed by atoms with van der Waals surface area (Å²) >= 11 is 0. The summed E-state index contributed by atoms with van der Waals surface area (Å²) in [6, 6.07) is 4.57. The van der Waals surface area contributed by atoms with Crippen LogP contribution in [-0.2, 0) is 4.79 Å². The van der Waals surface area contributed by atoms with Gasteiger partial charge in [0.05, 0.1) is 13.0 Å². The number of aliphatic carboxylic acids is 1. The second-order valence-corrected chi connectivity index (χ2v) is 2.88. The highest BCUT2D eigenvalue weighted by Gasteiger charge is 2.06. The summed E-state index contributed by atoms with van der Waals surface area (Å²) in [6.45, 7) is 1.69. The molecule has 0 spiro atoms. The highest BCUT2D eigenvalue weighted by molar-refractivity contribution is 5.66. The lowest BCUT2D eigenvalue weighted by atomic mass is 10.2. The highest BCUT2D eigenvalue weighted by atomic mass is 19.1. The standard InChI is InChI=1S/C10H11FO3/c1-7-3-2-4-8(11)10(7)14-6-5-9(12)13/h2-4H,5-6H2,1H3,(H,12,13). The van der Waals surface area contributed by atoms with Crippen molar-refractivity contribution in [2.24, 2.45) is 0 Å². The Morgan fingerprint density at radius 3 is 2.86 bits per heavy atom. The predicted octanol–water partition coefficient (Wildman–Crippen LogP) is 1.99. The van der Waals surface area contributed by atoms with Crippen molar-refractivity contribution in [1.82, 2.24) is 0 Å². The van der Waals surface area contributed by atoms with Crippen LogP contribution in [0.3, 0.4) is 0 Å². The Kier molecular flexibility index (Phi) is 3.45. The molecule has 0 unspecified atom stereocenters. The van der Waals surface area contributed by atoms with Gasteiger partial charge in [0.2, 0.25) is 0 Å². The molecule has 0 aliphatic heterocycles. The fraction of sp³-hybridized carbons (Fsp3) is 0.300. The molecule has 1 N–H and O–H groups in total. The van der Waals surface area contributed by atoms with Gasteiger partial charge in [0, 0.05) is 0 Å². The lowest BCUT2D eigenvalue weighted by Crippen LogP contribution is -2.06. The van der Waals surface area contributed by atoms with E-state index in [4.69, 9.17) is 9.84 Å². The number of ether oxygens (including phenoxy) is 1. The summed E-state index contributed by atoms with van der Waals surface area (Å²) in [7, 11) is 0. The second-order valence-electron chi connectivity index (χ2n) is 2.88. The van der Waals surface area contributed by atoms with E-state index >= 15 is 0 Å². The van der Waals surface area contributed by atoms with Crippen LogP contribution in [0.15, 0.2) is 18.2 Å². The van der Waals surface area contributed by atoms with Crippen LogP contribution in [0.25, 0.3) is 0 Å². The van der Waals surface area contributed by atoms with E-state index in [2.05, 4.69) is 0 Å². The van der Waals surface area contributed by atoms with Gasteiger partial charge < -0.3 is 9.84 Å². The van der Waals surface area contributed by atoms with E-state index in [0.29, 0.717) is 5.56 Å². The monoisotopic (exact) mass is 198 g/mol. The van der Waals surface area contributed by atoms with Gasteiger partial charge in [-0.1, -0.05) is 12.1 Å². The summed E-state index contributed by atoms with van der Waals surface area (Å²) in [5.74, 6) is -1.29. The minimum absolute atomic E-state index is 0.0168. The molecular weight excluding hydrogens is 187 g/mol. The fourth-order valence-corrected chi connectivity index (χ4v) is 1.04. The maximum atomic E-state index is 13.1. The fourth-order valence-electron chi connectivity index (χ4n) is 1.04. The van der Waals surface area contributed by atoms with E-state index in [1.54, 1.807) is 19.1 Å². The zero-order chi connectivity index (χ0) is 10.6. The molecule has 0 radical (unpaired) electrons. The molecule has 1 rings (SSSR count). The van der Waals surface area contributed by atoms with Gasteiger partial charge in [0.1, 0.15) is 0 Å². The van der Waals surface area contributed by atoms with Crippen molar-refractivity contribution in [3.05, 3.63) is 29.6 Å². The van der Waals surface area contributed by atoms with E-state index in [9.17, 15) is 9.18 Å². The Morgan fingerprint density at radius 2 is 2.29 bits per heavy atom. The molecule has 14 heavy (non-hydrogen) atoms. The third kappa shape index (κ3) is 2.73. The van der Waals surface area contributed by atoms with Crippen molar-refractivity contribution in [2.75, 3.05) is 6.61 Å². The van der Waals surface area contributed by atoms with Gasteiger partial charge in [-0.25, -0.2) is 4.39 Å². The lowest BCUT2D eigenvalue weighted by molar-refractivity contribution is -0.137. The first-order chi connectivity index (χ1) is 6.61. The molecule has 4 heteroatoms. The number of halogens is 1. The molecule has 0 heterocycles. The van der Waals surface area contributed by atoms with E-state index in [1.165, 1.54) is 6.07 Å². The molecule has 0 atom stereocenters. The number of hydrogen-bond donors (Lipinski definition) is 1. The van der Waals surface area contributed by atoms with Crippen LogP contribution < -0.4 is 4.74 Å². The molecular formula is C10H11FO3. The van der Waals surface area contributed by atoms with Gasteiger partial charge in [-0.15, -0.1) is 0 Å². The Bertz CT molecular complexity index is 316. The first-order valence-corrected chi connectivity index (χ1v) is 4.21. The maximum Gasteiger partial charge on any atom is 0.306 e. The summed E-state index contributed by atoms with van der Waals surface area (Å²) < 4.78 is 18.1. The largest absolute Gasteiger partial charge is 0.490 e. The number of para-hydroxylation sites is 1. The minimum atomic E-state index is -0.959. The van der Waals surface area contributed by atoms with Crippen molar-refractivity contribution < 1.29 is 19.0 Å². The third-order valence-electron chi connectivity index (χ3n) is 1.73. The van der Waals surface area contributed by atoms with Gasteiger partial charge in [0.25, 0.3) is 0 Å². The van der Waals surface area contributed by atoms with Crippen molar-refractivity contribution in [2.45, 2.75) is 13.3 Å². The van der Waals surface area contributed by atoms with Crippen LogP contribution in [-0.4, -0.2) is 17.7 Å². The molecule has 0 amide bonds. The van der Waals surface area contributed by atoms with E-state index in [1.807, 2.05) is 0 Å². The Labute approximate surface area is 81.1 Å². The number of carbonyl (C=O) groups is 1. The van der Waals surface area contributed by atoms with E-state index in [-0.39, 0.29) is 18.8 Å². The highest BCUT2D eigenvalue weighted by Crippen LogP contribution is 2.21. The Balaban J connectivity index is 2.62. The van der Waals surface area contributed by atoms with Gasteiger partial charge >= 0.3 is 5.97 Å². The average molecular weight is 198 g/mol. The van der Waals surface area contributed by atoms with Crippen LogP contribution in [0.2, 0.25) is 0 Å². The topological polar surface area (TPSA) is 46.5 Å². The minimum Gasteiger partial charge on any atom is -0.490 e. The van der Waals surface area contributed by atoms with Crippen LogP contribution in [0.1, 0.15) is 12.0 Å². The zero-order valence-electron chi connectivity index (χ0n) is 7.79. The smallest absolute Gasteiger partial charge is 0.306 e. The van der Waals surface area contributed by atoms with Gasteiger partial charge in [0.15, 0.2) is 11.6 Å². The molecule has 0 aliphatic carbocycles. The average Bonchev–Trinajstić information content (AvgIpc) is 2.09. The van der Waals surface area contributed by atoms with Gasteiger partial charge in [-0.3, -0.25) is 4.79 Å². The van der Waals surface area contributed by atoms with Gasteiger partial charge in [-0.2, -0.15) is 0 Å². The van der Waals surface area contributed by atoms with Crippen molar-refractivity contribution in [3.8, 4) is 5.75 Å². The summed E-state index contributed by atoms with van der Waals surface area (Å²) in [5.41, 5.74) is 0.662. The maximum absolute atomic E-state index is 13.1. The van der Waals surface area contributed by atoms with Crippen molar-refractivity contribution in [3.63, 3.8) is 0 Å². The molecule has 0 bridgehead atoms. The SMILES string of the molecule is Cc1cccc(F)c1OCCC(=O)O. The zero-order valence-corrected chi connectivity index (χ0v) is 7.79. The number of carboxylic acid groups (broad SMARTS) is 1. The molecule has 0 aromatic heterocycles. The number of hydrogen-bond acceptors (Lipinski definition) is 2. The molecule has 0 saturated carbocycles.